The molecule has 0 amide bonds. The Hall–Kier alpha value is -1.95. The first kappa shape index (κ1) is 13.5. The van der Waals surface area contributed by atoms with E-state index < -0.39 is 4.92 Å². The highest BCUT2D eigenvalue weighted by atomic mass is 32.1. The number of aryl methyl sites for hydroxylation is 1. The second kappa shape index (κ2) is 5.79. The number of hydrogen-bond donors (Lipinski definition) is 1. The van der Waals surface area contributed by atoms with Gasteiger partial charge >= 0.3 is 0 Å². The maximum absolute atomic E-state index is 10.6. The van der Waals surface area contributed by atoms with Gasteiger partial charge in [-0.3, -0.25) is 10.1 Å². The molecule has 0 atom stereocenters. The average molecular weight is 277 g/mol. The van der Waals surface area contributed by atoms with E-state index in [1.54, 1.807) is 12.1 Å². The Balaban J connectivity index is 2.18. The molecule has 0 radical (unpaired) electrons. The molecule has 0 fully saturated rings. The molecule has 0 unspecified atom stereocenters. The van der Waals surface area contributed by atoms with Crippen molar-refractivity contribution in [2.45, 2.75) is 26.2 Å². The average Bonchev–Trinajstić information content (AvgIpc) is 2.71. The first-order valence-electron chi connectivity index (χ1n) is 6.07. The number of nitro benzene ring substituents is 1. The molecule has 5 nitrogen and oxygen atoms in total. The third-order valence-electron chi connectivity index (χ3n) is 2.79. The van der Waals surface area contributed by atoms with Crippen LogP contribution in [0.3, 0.4) is 0 Å². The van der Waals surface area contributed by atoms with E-state index in [1.165, 1.54) is 23.5 Å². The van der Waals surface area contributed by atoms with Crippen molar-refractivity contribution in [3.8, 4) is 0 Å². The van der Waals surface area contributed by atoms with Crippen LogP contribution >= 0.6 is 11.3 Å². The van der Waals surface area contributed by atoms with Gasteiger partial charge in [0.25, 0.3) is 5.69 Å². The van der Waals surface area contributed by atoms with Crippen LogP contribution in [0.2, 0.25) is 0 Å². The van der Waals surface area contributed by atoms with Gasteiger partial charge in [-0.2, -0.15) is 0 Å². The molecule has 0 saturated carbocycles. The van der Waals surface area contributed by atoms with Crippen LogP contribution in [0.25, 0.3) is 0 Å². The minimum Gasteiger partial charge on any atom is -0.375 e. The maximum atomic E-state index is 10.6. The summed E-state index contributed by atoms with van der Waals surface area (Å²) in [5.74, 6) is 0. The Morgan fingerprint density at radius 3 is 2.63 bits per heavy atom. The molecule has 0 aliphatic rings. The van der Waals surface area contributed by atoms with Crippen molar-refractivity contribution < 1.29 is 4.92 Å². The van der Waals surface area contributed by atoms with Crippen LogP contribution in [0, 0.1) is 10.1 Å². The zero-order valence-electron chi connectivity index (χ0n) is 10.6. The molecular weight excluding hydrogens is 262 g/mol. The summed E-state index contributed by atoms with van der Waals surface area (Å²) in [7, 11) is 0. The minimum atomic E-state index is -0.392. The second-order valence-corrected chi connectivity index (χ2v) is 5.39. The number of aromatic nitrogens is 1. The zero-order valence-corrected chi connectivity index (χ0v) is 11.4. The van der Waals surface area contributed by atoms with Gasteiger partial charge in [0.15, 0.2) is 5.13 Å². The van der Waals surface area contributed by atoms with Crippen molar-refractivity contribution in [2.24, 2.45) is 0 Å². The van der Waals surface area contributed by atoms with Crippen LogP contribution in [0.5, 0.6) is 0 Å². The van der Waals surface area contributed by atoms with Gasteiger partial charge in [-0.25, -0.2) is 4.98 Å². The standard InChI is InChI=1S/C13H15N3O2S/c1-2-3-11-12(19-13(14)15-11)8-9-4-6-10(7-5-9)16(17)18/h4-7H,2-3,8H2,1H3,(H2,14,15). The molecule has 0 aliphatic carbocycles. The Kier molecular flexibility index (Phi) is 4.11. The first-order valence-corrected chi connectivity index (χ1v) is 6.89. The highest BCUT2D eigenvalue weighted by Crippen LogP contribution is 2.25. The molecule has 0 spiro atoms. The Morgan fingerprint density at radius 1 is 1.37 bits per heavy atom. The Bertz CT molecular complexity index is 578. The van der Waals surface area contributed by atoms with Crippen LogP contribution in [-0.2, 0) is 12.8 Å². The number of nitrogens with zero attached hydrogens (tertiary/aromatic N) is 2. The van der Waals surface area contributed by atoms with Gasteiger partial charge in [0.1, 0.15) is 0 Å². The molecule has 2 rings (SSSR count). The molecular formula is C13H15N3O2S. The topological polar surface area (TPSA) is 82.0 Å². The van der Waals surface area contributed by atoms with E-state index in [4.69, 9.17) is 5.73 Å². The second-order valence-electron chi connectivity index (χ2n) is 4.27. The van der Waals surface area contributed by atoms with Crippen molar-refractivity contribution in [2.75, 3.05) is 5.73 Å². The number of benzene rings is 1. The lowest BCUT2D eigenvalue weighted by atomic mass is 10.1. The summed E-state index contributed by atoms with van der Waals surface area (Å²) in [6.45, 7) is 2.10. The van der Waals surface area contributed by atoms with Gasteiger partial charge < -0.3 is 5.73 Å². The third-order valence-corrected chi connectivity index (χ3v) is 3.72. The molecule has 2 aromatic rings. The van der Waals surface area contributed by atoms with Crippen LogP contribution in [-0.4, -0.2) is 9.91 Å². The van der Waals surface area contributed by atoms with Gasteiger partial charge in [-0.1, -0.05) is 25.5 Å². The van der Waals surface area contributed by atoms with Gasteiger partial charge in [-0.15, -0.1) is 11.3 Å². The van der Waals surface area contributed by atoms with Crippen LogP contribution < -0.4 is 5.73 Å². The number of nitrogen functional groups attached to an aromatic ring is 1. The lowest BCUT2D eigenvalue weighted by molar-refractivity contribution is -0.384. The largest absolute Gasteiger partial charge is 0.375 e. The van der Waals surface area contributed by atoms with Gasteiger partial charge in [0.2, 0.25) is 0 Å². The summed E-state index contributed by atoms with van der Waals surface area (Å²) in [5, 5.41) is 11.2. The van der Waals surface area contributed by atoms with E-state index in [9.17, 15) is 10.1 Å². The van der Waals surface area contributed by atoms with Gasteiger partial charge in [0, 0.05) is 23.4 Å². The van der Waals surface area contributed by atoms with Crippen molar-refractivity contribution in [3.63, 3.8) is 0 Å². The molecule has 0 aliphatic heterocycles. The van der Waals surface area contributed by atoms with E-state index in [1.807, 2.05) is 0 Å². The zero-order chi connectivity index (χ0) is 13.8. The van der Waals surface area contributed by atoms with Crippen molar-refractivity contribution in [3.05, 3.63) is 50.5 Å². The molecule has 100 valence electrons. The number of thiazole rings is 1. The number of non-ortho nitro benzene ring substituents is 1. The smallest absolute Gasteiger partial charge is 0.269 e. The molecule has 6 heteroatoms. The van der Waals surface area contributed by atoms with Crippen molar-refractivity contribution in [1.82, 2.24) is 4.98 Å². The predicted octanol–water partition coefficient (Wildman–Crippen LogP) is 3.18. The normalized spacial score (nSPS) is 10.6. The van der Waals surface area contributed by atoms with Crippen LogP contribution in [0.15, 0.2) is 24.3 Å². The molecule has 0 saturated heterocycles. The maximum Gasteiger partial charge on any atom is 0.269 e. The lowest BCUT2D eigenvalue weighted by Gasteiger charge is -2.01. The number of nitro groups is 1. The fraction of sp³-hybridized carbons (Fsp3) is 0.308. The monoisotopic (exact) mass is 277 g/mol. The number of anilines is 1. The summed E-state index contributed by atoms with van der Waals surface area (Å²) in [6, 6.07) is 6.62. The summed E-state index contributed by atoms with van der Waals surface area (Å²) in [6.07, 6.45) is 2.66. The lowest BCUT2D eigenvalue weighted by Crippen LogP contribution is -1.93. The van der Waals surface area contributed by atoms with Crippen molar-refractivity contribution >= 4 is 22.2 Å². The number of nitrogens with two attached hydrogens (primary N) is 1. The van der Waals surface area contributed by atoms with Gasteiger partial charge in [-0.05, 0) is 12.0 Å². The molecule has 1 aromatic heterocycles. The highest BCUT2D eigenvalue weighted by molar-refractivity contribution is 7.15. The van der Waals surface area contributed by atoms with E-state index in [0.717, 1.165) is 35.4 Å². The molecule has 2 N–H and O–H groups in total. The SMILES string of the molecule is CCCc1nc(N)sc1Cc1ccc([N+](=O)[O-])cc1. The quantitative estimate of drug-likeness (QED) is 0.672. The summed E-state index contributed by atoms with van der Waals surface area (Å²) in [5.41, 5.74) is 7.94. The summed E-state index contributed by atoms with van der Waals surface area (Å²) < 4.78 is 0. The predicted molar refractivity (Wildman–Crippen MR) is 76.4 cm³/mol. The first-order chi connectivity index (χ1) is 9.10. The van der Waals surface area contributed by atoms with E-state index >= 15 is 0 Å². The molecule has 19 heavy (non-hydrogen) atoms. The third kappa shape index (κ3) is 3.29. The van der Waals surface area contributed by atoms with Gasteiger partial charge in [0.05, 0.1) is 10.6 Å². The molecule has 0 bridgehead atoms. The fourth-order valence-corrected chi connectivity index (χ4v) is 2.81. The Labute approximate surface area is 115 Å². The van der Waals surface area contributed by atoms with E-state index in [2.05, 4.69) is 11.9 Å². The van der Waals surface area contributed by atoms with Crippen molar-refractivity contribution in [1.29, 1.82) is 0 Å². The Morgan fingerprint density at radius 2 is 2.05 bits per heavy atom. The molecule has 1 aromatic carbocycles. The summed E-state index contributed by atoms with van der Waals surface area (Å²) >= 11 is 1.49. The van der Waals surface area contributed by atoms with Crippen LogP contribution in [0.1, 0.15) is 29.5 Å². The van der Waals surface area contributed by atoms with E-state index in [-0.39, 0.29) is 5.69 Å². The molecule has 1 heterocycles. The highest BCUT2D eigenvalue weighted by Gasteiger charge is 2.10. The van der Waals surface area contributed by atoms with E-state index in [0.29, 0.717) is 5.13 Å². The number of rotatable bonds is 5. The minimum absolute atomic E-state index is 0.112. The fourth-order valence-electron chi connectivity index (χ4n) is 1.89. The summed E-state index contributed by atoms with van der Waals surface area (Å²) in [4.78, 5) is 15.7. The van der Waals surface area contributed by atoms with Crippen LogP contribution in [0.4, 0.5) is 10.8 Å². The number of hydrogen-bond acceptors (Lipinski definition) is 5.